The lowest BCUT2D eigenvalue weighted by atomic mass is 9.74. The number of piperidine rings is 1. The number of nitro groups is 1. The Labute approximate surface area is 178 Å². The number of hydrogen-bond acceptors (Lipinski definition) is 8. The Morgan fingerprint density at radius 2 is 1.87 bits per heavy atom. The summed E-state index contributed by atoms with van der Waals surface area (Å²) in [5.41, 5.74) is 7.98. The third-order valence-electron chi connectivity index (χ3n) is 6.10. The number of nitro benzene ring substituents is 1. The van der Waals surface area contributed by atoms with Crippen LogP contribution in [0.25, 0.3) is 0 Å². The van der Waals surface area contributed by atoms with E-state index >= 15 is 0 Å². The molecule has 31 heavy (non-hydrogen) atoms. The van der Waals surface area contributed by atoms with Crippen molar-refractivity contribution < 1.29 is 24.3 Å². The number of hydrogen-bond donors (Lipinski definition) is 4. The minimum atomic E-state index is -0.883. The van der Waals surface area contributed by atoms with Gasteiger partial charge in [0.2, 0.25) is 0 Å². The molecule has 0 radical (unpaired) electrons. The van der Waals surface area contributed by atoms with Crippen LogP contribution in [0, 0.1) is 22.0 Å². The Kier molecular flexibility index (Phi) is 5.77. The molecular formula is C21H24N4O6. The lowest BCUT2D eigenvalue weighted by Gasteiger charge is -2.39. The van der Waals surface area contributed by atoms with Crippen molar-refractivity contribution in [1.82, 2.24) is 16.2 Å². The van der Waals surface area contributed by atoms with E-state index in [-0.39, 0.29) is 29.9 Å². The van der Waals surface area contributed by atoms with E-state index in [0.29, 0.717) is 17.9 Å². The fraction of sp³-hybridized carbons (Fsp3) is 0.381. The Morgan fingerprint density at radius 1 is 1.13 bits per heavy atom. The van der Waals surface area contributed by atoms with Crippen LogP contribution in [-0.4, -0.2) is 36.4 Å². The van der Waals surface area contributed by atoms with Crippen LogP contribution < -0.4 is 25.6 Å². The molecular weight excluding hydrogens is 404 g/mol. The molecule has 0 bridgehead atoms. The highest BCUT2D eigenvalue weighted by atomic mass is 16.6. The van der Waals surface area contributed by atoms with Crippen molar-refractivity contribution >= 4 is 11.7 Å². The predicted molar refractivity (Wildman–Crippen MR) is 111 cm³/mol. The van der Waals surface area contributed by atoms with Gasteiger partial charge in [0.05, 0.1) is 37.3 Å². The standard InChI is InChI=1S/C21H24N4O6/c1-30-13-7-8-14(17(9-13)31-2)16-10-15(21(26)27)18-19(23-24-20(18)22-16)11-3-5-12(6-4-11)25(28)29/h3-9,15-16,18-20,22-24H,10H2,1-2H3,(H,26,27). The van der Waals surface area contributed by atoms with E-state index in [0.717, 1.165) is 11.1 Å². The number of hydrazine groups is 1. The van der Waals surface area contributed by atoms with Crippen molar-refractivity contribution in [2.45, 2.75) is 24.7 Å². The maximum absolute atomic E-state index is 12.2. The molecule has 0 aliphatic carbocycles. The van der Waals surface area contributed by atoms with Gasteiger partial charge >= 0.3 is 5.97 Å². The molecule has 2 aliphatic rings. The number of ether oxygens (including phenoxy) is 2. The molecule has 2 aromatic rings. The minimum absolute atomic E-state index is 0.00512. The molecule has 10 heteroatoms. The molecule has 4 N–H and O–H groups in total. The van der Waals surface area contributed by atoms with Gasteiger partial charge in [-0.3, -0.25) is 20.2 Å². The van der Waals surface area contributed by atoms with E-state index < -0.39 is 16.8 Å². The summed E-state index contributed by atoms with van der Waals surface area (Å²) in [5, 5.41) is 24.4. The fourth-order valence-electron chi connectivity index (χ4n) is 4.58. The highest BCUT2D eigenvalue weighted by Crippen LogP contribution is 2.44. The largest absolute Gasteiger partial charge is 0.497 e. The van der Waals surface area contributed by atoms with Crippen LogP contribution in [0.4, 0.5) is 5.69 Å². The number of benzene rings is 2. The molecule has 2 saturated heterocycles. The second-order valence-corrected chi connectivity index (χ2v) is 7.68. The first-order valence-corrected chi connectivity index (χ1v) is 9.89. The third-order valence-corrected chi connectivity index (χ3v) is 6.10. The van der Waals surface area contributed by atoms with Crippen molar-refractivity contribution in [3.8, 4) is 11.5 Å². The average molecular weight is 428 g/mol. The number of methoxy groups -OCH3 is 2. The van der Waals surface area contributed by atoms with Gasteiger partial charge in [-0.15, -0.1) is 0 Å². The second kappa shape index (κ2) is 8.50. The summed E-state index contributed by atoms with van der Waals surface area (Å²) in [6.45, 7) is 0. The zero-order chi connectivity index (χ0) is 22.1. The van der Waals surface area contributed by atoms with Crippen molar-refractivity contribution in [2.24, 2.45) is 11.8 Å². The number of rotatable bonds is 6. The second-order valence-electron chi connectivity index (χ2n) is 7.68. The Morgan fingerprint density at radius 3 is 2.48 bits per heavy atom. The van der Waals surface area contributed by atoms with Gasteiger partial charge in [-0.05, 0) is 18.1 Å². The molecule has 2 aromatic carbocycles. The van der Waals surface area contributed by atoms with Gasteiger partial charge < -0.3 is 14.6 Å². The Balaban J connectivity index is 1.62. The average Bonchev–Trinajstić information content (AvgIpc) is 3.21. The summed E-state index contributed by atoms with van der Waals surface area (Å²) in [5.74, 6) is -0.545. The molecule has 4 rings (SSSR count). The van der Waals surface area contributed by atoms with Crippen LogP contribution in [0.2, 0.25) is 0 Å². The fourth-order valence-corrected chi connectivity index (χ4v) is 4.58. The maximum atomic E-state index is 12.2. The first kappa shape index (κ1) is 21.0. The Hall–Kier alpha value is -3.21. The van der Waals surface area contributed by atoms with E-state index in [9.17, 15) is 20.0 Å². The van der Waals surface area contributed by atoms with Gasteiger partial charge in [0.1, 0.15) is 11.5 Å². The van der Waals surface area contributed by atoms with Gasteiger partial charge in [-0.2, -0.15) is 0 Å². The van der Waals surface area contributed by atoms with Gasteiger partial charge in [-0.1, -0.05) is 18.2 Å². The minimum Gasteiger partial charge on any atom is -0.497 e. The number of fused-ring (bicyclic) bond motifs is 1. The molecule has 5 atom stereocenters. The Bertz CT molecular complexity index is 982. The number of aliphatic carboxylic acids is 1. The number of carboxylic acids is 1. The molecule has 0 amide bonds. The van der Waals surface area contributed by atoms with Gasteiger partial charge in [0.15, 0.2) is 0 Å². The third kappa shape index (κ3) is 3.92. The summed E-state index contributed by atoms with van der Waals surface area (Å²) in [6.07, 6.45) is 0.0540. The SMILES string of the molecule is COc1ccc(C2CC(C(=O)O)C3C(NNC3c3ccc([N+](=O)[O-])cc3)N2)c(OC)c1. The number of nitrogens with zero attached hydrogens (tertiary/aromatic N) is 1. The molecule has 0 aromatic heterocycles. The zero-order valence-corrected chi connectivity index (χ0v) is 17.1. The number of carboxylic acid groups (broad SMARTS) is 1. The zero-order valence-electron chi connectivity index (χ0n) is 17.1. The lowest BCUT2D eigenvalue weighted by Crippen LogP contribution is -2.53. The van der Waals surface area contributed by atoms with Gasteiger partial charge in [0.25, 0.3) is 5.69 Å². The van der Waals surface area contributed by atoms with E-state index in [1.165, 1.54) is 12.1 Å². The molecule has 5 unspecified atom stereocenters. The van der Waals surface area contributed by atoms with E-state index in [1.54, 1.807) is 32.4 Å². The summed E-state index contributed by atoms with van der Waals surface area (Å²) in [4.78, 5) is 22.7. The molecule has 0 spiro atoms. The predicted octanol–water partition coefficient (Wildman–Crippen LogP) is 2.14. The molecule has 2 heterocycles. The van der Waals surface area contributed by atoms with Crippen LogP contribution in [0.3, 0.4) is 0 Å². The van der Waals surface area contributed by atoms with E-state index in [1.807, 2.05) is 12.1 Å². The van der Waals surface area contributed by atoms with Gasteiger partial charge in [0, 0.05) is 35.7 Å². The molecule has 2 aliphatic heterocycles. The van der Waals surface area contributed by atoms with Gasteiger partial charge in [-0.25, -0.2) is 10.9 Å². The van der Waals surface area contributed by atoms with Crippen molar-refractivity contribution in [3.63, 3.8) is 0 Å². The van der Waals surface area contributed by atoms with E-state index in [2.05, 4.69) is 16.2 Å². The first-order valence-electron chi connectivity index (χ1n) is 9.89. The topological polar surface area (TPSA) is 135 Å². The van der Waals surface area contributed by atoms with Crippen LogP contribution in [0.1, 0.15) is 29.6 Å². The van der Waals surface area contributed by atoms with Crippen molar-refractivity contribution in [3.05, 3.63) is 63.7 Å². The summed E-state index contributed by atoms with van der Waals surface area (Å²) in [6, 6.07) is 11.1. The maximum Gasteiger partial charge on any atom is 0.307 e. The quantitative estimate of drug-likeness (QED) is 0.403. The summed E-state index contributed by atoms with van der Waals surface area (Å²) in [7, 11) is 3.14. The number of nitrogens with one attached hydrogen (secondary N) is 3. The van der Waals surface area contributed by atoms with Crippen LogP contribution in [-0.2, 0) is 4.79 Å². The number of carbonyl (C=O) groups is 1. The normalized spacial score (nSPS) is 27.4. The van der Waals surface area contributed by atoms with Crippen molar-refractivity contribution in [1.29, 1.82) is 0 Å². The summed E-state index contributed by atoms with van der Waals surface area (Å²) >= 11 is 0. The number of non-ortho nitro benzene ring substituents is 1. The van der Waals surface area contributed by atoms with Crippen molar-refractivity contribution in [2.75, 3.05) is 14.2 Å². The molecule has 164 valence electrons. The molecule has 0 saturated carbocycles. The van der Waals surface area contributed by atoms with Crippen LogP contribution in [0.15, 0.2) is 42.5 Å². The van der Waals surface area contributed by atoms with Crippen LogP contribution in [0.5, 0.6) is 11.5 Å². The smallest absolute Gasteiger partial charge is 0.307 e. The highest BCUT2D eigenvalue weighted by Gasteiger charge is 2.49. The lowest BCUT2D eigenvalue weighted by molar-refractivity contribution is -0.384. The highest BCUT2D eigenvalue weighted by molar-refractivity contribution is 5.71. The van der Waals surface area contributed by atoms with Crippen LogP contribution >= 0.6 is 0 Å². The molecule has 2 fully saturated rings. The van der Waals surface area contributed by atoms with E-state index in [4.69, 9.17) is 9.47 Å². The first-order chi connectivity index (χ1) is 14.9. The summed E-state index contributed by atoms with van der Waals surface area (Å²) < 4.78 is 10.8. The molecule has 10 nitrogen and oxygen atoms in total. The monoisotopic (exact) mass is 428 g/mol.